The summed E-state index contributed by atoms with van der Waals surface area (Å²) in [5.41, 5.74) is 1.87. The molecule has 2 rings (SSSR count). The van der Waals surface area contributed by atoms with Crippen LogP contribution in [0.5, 0.6) is 11.8 Å². The molecule has 17 heavy (non-hydrogen) atoms. The lowest BCUT2D eigenvalue weighted by Crippen LogP contribution is -2.07. The van der Waals surface area contributed by atoms with Crippen LogP contribution in [0, 0.1) is 6.92 Å². The van der Waals surface area contributed by atoms with Gasteiger partial charge in [-0.2, -0.15) is 5.10 Å². The molecule has 0 saturated heterocycles. The van der Waals surface area contributed by atoms with Crippen LogP contribution < -0.4 is 10.1 Å². The summed E-state index contributed by atoms with van der Waals surface area (Å²) in [4.78, 5) is 4.38. The van der Waals surface area contributed by atoms with Crippen LogP contribution in [-0.4, -0.2) is 21.8 Å². The average Bonchev–Trinajstić information content (AvgIpc) is 2.58. The van der Waals surface area contributed by atoms with Crippen LogP contribution in [0.3, 0.4) is 0 Å². The quantitative estimate of drug-likeness (QED) is 0.870. The van der Waals surface area contributed by atoms with Crippen LogP contribution in [0.4, 0.5) is 0 Å². The molecule has 0 unspecified atom stereocenters. The molecule has 0 atom stereocenters. The first-order chi connectivity index (χ1) is 8.19. The Kier molecular flexibility index (Phi) is 3.39. The molecule has 0 aliphatic rings. The zero-order chi connectivity index (χ0) is 12.3. The largest absolute Gasteiger partial charge is 0.421 e. The van der Waals surface area contributed by atoms with Crippen molar-refractivity contribution >= 4 is 0 Å². The number of pyridine rings is 1. The van der Waals surface area contributed by atoms with Gasteiger partial charge in [0.2, 0.25) is 11.8 Å². The van der Waals surface area contributed by atoms with E-state index >= 15 is 0 Å². The molecule has 1 N–H and O–H groups in total. The van der Waals surface area contributed by atoms with E-state index in [9.17, 15) is 0 Å². The molecule has 0 radical (unpaired) electrons. The third kappa shape index (κ3) is 2.82. The van der Waals surface area contributed by atoms with Crippen LogP contribution in [0.15, 0.2) is 24.3 Å². The topological polar surface area (TPSA) is 52.0 Å². The van der Waals surface area contributed by atoms with Crippen molar-refractivity contribution in [3.63, 3.8) is 0 Å². The predicted molar refractivity (Wildman–Crippen MR) is 65.0 cm³/mol. The van der Waals surface area contributed by atoms with Gasteiger partial charge in [0.05, 0.1) is 11.4 Å². The maximum Gasteiger partial charge on any atom is 0.221 e. The Balaban J connectivity index is 2.18. The fraction of sp³-hybridized carbons (Fsp3) is 0.333. The van der Waals surface area contributed by atoms with Crippen molar-refractivity contribution in [1.82, 2.24) is 20.1 Å². The van der Waals surface area contributed by atoms with E-state index in [1.54, 1.807) is 4.68 Å². The molecule has 0 aliphatic carbocycles. The Bertz CT molecular complexity index is 507. The molecule has 90 valence electrons. The summed E-state index contributed by atoms with van der Waals surface area (Å²) in [6.07, 6.45) is 0. The first kappa shape index (κ1) is 11.6. The van der Waals surface area contributed by atoms with Gasteiger partial charge in [0.15, 0.2) is 0 Å². The van der Waals surface area contributed by atoms with Crippen molar-refractivity contribution in [2.75, 3.05) is 7.05 Å². The molecule has 2 heterocycles. The Hall–Kier alpha value is -1.88. The maximum atomic E-state index is 5.68. The number of hydrogen-bond acceptors (Lipinski definition) is 4. The third-order valence-electron chi connectivity index (χ3n) is 2.31. The zero-order valence-corrected chi connectivity index (χ0v) is 10.3. The average molecular weight is 232 g/mol. The molecule has 0 saturated carbocycles. The van der Waals surface area contributed by atoms with Gasteiger partial charge < -0.3 is 10.1 Å². The summed E-state index contributed by atoms with van der Waals surface area (Å²) in [5.74, 6) is 1.28. The number of aryl methyl sites for hydroxylation is 2. The second-order valence-corrected chi connectivity index (χ2v) is 3.85. The minimum absolute atomic E-state index is 0.584. The van der Waals surface area contributed by atoms with Crippen molar-refractivity contribution in [3.8, 4) is 11.8 Å². The van der Waals surface area contributed by atoms with Gasteiger partial charge in [-0.1, -0.05) is 6.07 Å². The molecule has 0 fully saturated rings. The van der Waals surface area contributed by atoms with Crippen molar-refractivity contribution in [3.05, 3.63) is 35.7 Å². The Morgan fingerprint density at radius 3 is 2.88 bits per heavy atom. The molecule has 2 aromatic rings. The Morgan fingerprint density at radius 2 is 2.24 bits per heavy atom. The highest BCUT2D eigenvalue weighted by atomic mass is 16.5. The lowest BCUT2D eigenvalue weighted by molar-refractivity contribution is 0.413. The monoisotopic (exact) mass is 232 g/mol. The number of hydrogen-bond donors (Lipinski definition) is 1. The summed E-state index contributed by atoms with van der Waals surface area (Å²) >= 11 is 0. The number of rotatable bonds is 4. The second kappa shape index (κ2) is 4.97. The van der Waals surface area contributed by atoms with Gasteiger partial charge in [-0.25, -0.2) is 9.67 Å². The molecular formula is C12H16N4O. The molecule has 2 aromatic heterocycles. The van der Waals surface area contributed by atoms with E-state index in [1.165, 1.54) is 0 Å². The Labute approximate surface area is 100 Å². The van der Waals surface area contributed by atoms with Gasteiger partial charge in [-0.15, -0.1) is 0 Å². The van der Waals surface area contributed by atoms with E-state index < -0.39 is 0 Å². The van der Waals surface area contributed by atoms with E-state index in [1.807, 2.05) is 45.3 Å². The van der Waals surface area contributed by atoms with Crippen molar-refractivity contribution in [1.29, 1.82) is 0 Å². The molecular weight excluding hydrogens is 216 g/mol. The van der Waals surface area contributed by atoms with Crippen molar-refractivity contribution < 1.29 is 4.74 Å². The summed E-state index contributed by atoms with van der Waals surface area (Å²) in [7, 11) is 3.74. The first-order valence-corrected chi connectivity index (χ1v) is 5.48. The molecule has 0 bridgehead atoms. The van der Waals surface area contributed by atoms with Crippen molar-refractivity contribution in [2.24, 2.45) is 7.05 Å². The van der Waals surface area contributed by atoms with Crippen LogP contribution in [0.25, 0.3) is 0 Å². The highest BCUT2D eigenvalue weighted by Gasteiger charge is 2.05. The van der Waals surface area contributed by atoms with Crippen molar-refractivity contribution in [2.45, 2.75) is 13.5 Å². The summed E-state index contributed by atoms with van der Waals surface area (Å²) in [6.45, 7) is 2.65. The van der Waals surface area contributed by atoms with Crippen LogP contribution >= 0.6 is 0 Å². The molecule has 5 nitrogen and oxygen atoms in total. The Morgan fingerprint density at radius 1 is 1.41 bits per heavy atom. The van der Waals surface area contributed by atoms with Crippen LogP contribution in [0.1, 0.15) is 11.4 Å². The SMILES string of the molecule is CNCc1cccc(Oc2cc(C)nn2C)n1. The van der Waals surface area contributed by atoms with E-state index in [0.29, 0.717) is 11.8 Å². The van der Waals surface area contributed by atoms with Gasteiger partial charge in [0.25, 0.3) is 0 Å². The van der Waals surface area contributed by atoms with E-state index in [-0.39, 0.29) is 0 Å². The zero-order valence-electron chi connectivity index (χ0n) is 10.3. The fourth-order valence-electron chi connectivity index (χ4n) is 1.58. The molecule has 0 aromatic carbocycles. The fourth-order valence-corrected chi connectivity index (χ4v) is 1.58. The lowest BCUT2D eigenvalue weighted by Gasteiger charge is -2.06. The highest BCUT2D eigenvalue weighted by Crippen LogP contribution is 2.19. The molecule has 0 amide bonds. The number of ether oxygens (including phenoxy) is 1. The number of aromatic nitrogens is 3. The number of nitrogens with zero attached hydrogens (tertiary/aromatic N) is 3. The molecule has 0 aliphatic heterocycles. The summed E-state index contributed by atoms with van der Waals surface area (Å²) < 4.78 is 7.37. The van der Waals surface area contributed by atoms with Gasteiger partial charge in [-0.3, -0.25) is 0 Å². The smallest absolute Gasteiger partial charge is 0.221 e. The van der Waals surface area contributed by atoms with E-state index in [4.69, 9.17) is 4.74 Å². The van der Waals surface area contributed by atoms with Crippen LogP contribution in [0.2, 0.25) is 0 Å². The highest BCUT2D eigenvalue weighted by molar-refractivity contribution is 5.23. The van der Waals surface area contributed by atoms with Gasteiger partial charge in [0.1, 0.15) is 0 Å². The first-order valence-electron chi connectivity index (χ1n) is 5.48. The summed E-state index contributed by atoms with van der Waals surface area (Å²) in [6, 6.07) is 7.60. The van der Waals surface area contributed by atoms with Crippen LogP contribution in [-0.2, 0) is 13.6 Å². The molecule has 5 heteroatoms. The maximum absolute atomic E-state index is 5.68. The van der Waals surface area contributed by atoms with Gasteiger partial charge in [-0.05, 0) is 20.0 Å². The number of nitrogens with one attached hydrogen (secondary N) is 1. The minimum atomic E-state index is 0.584. The van der Waals surface area contributed by atoms with E-state index in [2.05, 4.69) is 15.4 Å². The summed E-state index contributed by atoms with van der Waals surface area (Å²) in [5, 5.41) is 7.27. The second-order valence-electron chi connectivity index (χ2n) is 3.85. The minimum Gasteiger partial charge on any atom is -0.421 e. The van der Waals surface area contributed by atoms with E-state index in [0.717, 1.165) is 17.9 Å². The van der Waals surface area contributed by atoms with Gasteiger partial charge >= 0.3 is 0 Å². The molecule has 0 spiro atoms. The standard InChI is InChI=1S/C12H16N4O/c1-9-7-12(16(3)15-9)17-11-6-4-5-10(14-11)8-13-2/h4-7,13H,8H2,1-3H3. The lowest BCUT2D eigenvalue weighted by atomic mass is 10.3. The van der Waals surface area contributed by atoms with Gasteiger partial charge in [0, 0.05) is 25.7 Å². The third-order valence-corrected chi connectivity index (χ3v) is 2.31. The predicted octanol–water partition coefficient (Wildman–Crippen LogP) is 1.64. The normalized spacial score (nSPS) is 10.5.